The van der Waals surface area contributed by atoms with Crippen molar-refractivity contribution in [2.24, 2.45) is 11.8 Å². The molecule has 4 aliphatic rings. The predicted octanol–water partition coefficient (Wildman–Crippen LogP) is 4.33. The fourth-order valence-electron chi connectivity index (χ4n) is 4.20. The SMILES string of the molecule is C1=CC2CCC1C2.N=C1C2=Cc3ccccc3C2=CC(C(=O)O)=C1C(=O)O.O=S(=O)(O)C(F)(F)F. The Labute approximate surface area is 198 Å². The average Bonchev–Trinajstić information content (AvgIpc) is 3.48. The second-order valence-electron chi connectivity index (χ2n) is 8.12. The molecule has 2 atom stereocenters. The molecule has 1 saturated carbocycles. The van der Waals surface area contributed by atoms with E-state index < -0.39 is 33.1 Å². The second kappa shape index (κ2) is 9.62. The number of hydrogen-bond donors (Lipinski definition) is 4. The number of rotatable bonds is 2. The molecule has 0 aromatic heterocycles. The maximum atomic E-state index is 11.2. The summed E-state index contributed by atoms with van der Waals surface area (Å²) in [6.07, 6.45) is 12.2. The van der Waals surface area contributed by atoms with E-state index in [9.17, 15) is 22.8 Å². The van der Waals surface area contributed by atoms with Gasteiger partial charge in [-0.05, 0) is 60.0 Å². The number of fused-ring (bicyclic) bond motifs is 5. The van der Waals surface area contributed by atoms with E-state index in [1.807, 2.05) is 24.3 Å². The van der Waals surface area contributed by atoms with Crippen LogP contribution in [0.3, 0.4) is 0 Å². The first-order chi connectivity index (χ1) is 16.2. The Balaban J connectivity index is 0.000000186. The standard InChI is InChI=1S/C15H9NO4.C7H10.CHF3O3S/c16-13-10-5-7-3-1-2-4-8(7)9(10)6-11(14(17)18)12(13)15(19)20;1-2-7-4-3-6(1)5-7;2-1(3,4)8(5,6)7/h1-6,16H,(H,17,18)(H,19,20);1-2,6-7H,3-5H2;(H,5,6,7). The van der Waals surface area contributed by atoms with Crippen LogP contribution in [-0.4, -0.2) is 46.3 Å². The molecule has 0 saturated heterocycles. The van der Waals surface area contributed by atoms with Crippen LogP contribution in [0.1, 0.15) is 30.4 Å². The van der Waals surface area contributed by atoms with Gasteiger partial charge in [-0.1, -0.05) is 36.4 Å². The van der Waals surface area contributed by atoms with Gasteiger partial charge < -0.3 is 10.2 Å². The molecule has 0 spiro atoms. The number of carbonyl (C=O) groups is 2. The van der Waals surface area contributed by atoms with E-state index in [0.717, 1.165) is 23.0 Å². The third-order valence-electron chi connectivity index (χ3n) is 5.82. The fourth-order valence-corrected chi connectivity index (χ4v) is 4.20. The third kappa shape index (κ3) is 5.60. The first kappa shape index (κ1) is 26.1. The molecule has 1 aromatic carbocycles. The summed E-state index contributed by atoms with van der Waals surface area (Å²) in [5, 5.41) is 26.3. The zero-order valence-electron chi connectivity index (χ0n) is 17.9. The first-order valence-electron chi connectivity index (χ1n) is 10.3. The Bertz CT molecular complexity index is 1310. The summed E-state index contributed by atoms with van der Waals surface area (Å²) in [7, 11) is -5.84. The molecule has 2 unspecified atom stereocenters. The minimum Gasteiger partial charge on any atom is -0.478 e. The Hall–Kier alpha value is -3.51. The van der Waals surface area contributed by atoms with Crippen LogP contribution in [0.25, 0.3) is 11.6 Å². The van der Waals surface area contributed by atoms with E-state index in [1.165, 1.54) is 25.3 Å². The van der Waals surface area contributed by atoms with Crippen molar-refractivity contribution in [3.8, 4) is 0 Å². The number of alkyl halides is 3. The summed E-state index contributed by atoms with van der Waals surface area (Å²) in [5.74, 6) is -0.766. The lowest BCUT2D eigenvalue weighted by Crippen LogP contribution is -2.22. The Morgan fingerprint density at radius 2 is 1.49 bits per heavy atom. The maximum absolute atomic E-state index is 11.2. The number of carboxylic acids is 2. The van der Waals surface area contributed by atoms with Crippen molar-refractivity contribution in [2.45, 2.75) is 24.8 Å². The van der Waals surface area contributed by atoms with E-state index in [2.05, 4.69) is 12.2 Å². The van der Waals surface area contributed by atoms with Crippen molar-refractivity contribution in [1.29, 1.82) is 5.41 Å². The van der Waals surface area contributed by atoms with Crippen molar-refractivity contribution < 1.29 is 45.9 Å². The topological polar surface area (TPSA) is 153 Å². The molecule has 2 bridgehead atoms. The number of carboxylic acid groups (broad SMARTS) is 2. The number of nitrogens with one attached hydrogen (secondary N) is 1. The highest BCUT2D eigenvalue weighted by Crippen LogP contribution is 2.41. The lowest BCUT2D eigenvalue weighted by atomic mass is 9.86. The molecule has 4 N–H and O–H groups in total. The van der Waals surface area contributed by atoms with Gasteiger partial charge >= 0.3 is 27.6 Å². The summed E-state index contributed by atoms with van der Waals surface area (Å²) in [4.78, 5) is 22.5. The molecule has 4 aliphatic carbocycles. The van der Waals surface area contributed by atoms with E-state index in [-0.39, 0.29) is 11.3 Å². The second-order valence-corrected chi connectivity index (χ2v) is 9.53. The number of allylic oxidation sites excluding steroid dienone is 4. The average molecular weight is 511 g/mol. The molecular weight excluding hydrogens is 491 g/mol. The summed E-state index contributed by atoms with van der Waals surface area (Å²) >= 11 is 0. The van der Waals surface area contributed by atoms with E-state index in [1.54, 1.807) is 6.08 Å². The van der Waals surface area contributed by atoms with Crippen molar-refractivity contribution in [3.63, 3.8) is 0 Å². The summed E-state index contributed by atoms with van der Waals surface area (Å²) in [6, 6.07) is 7.32. The highest BCUT2D eigenvalue weighted by atomic mass is 32.2. The number of benzene rings is 1. The van der Waals surface area contributed by atoms with Gasteiger partial charge in [-0.15, -0.1) is 0 Å². The Morgan fingerprint density at radius 3 is 1.89 bits per heavy atom. The third-order valence-corrected chi connectivity index (χ3v) is 6.41. The summed E-state index contributed by atoms with van der Waals surface area (Å²) in [5.41, 5.74) is -3.91. The van der Waals surface area contributed by atoms with Gasteiger partial charge in [0.15, 0.2) is 0 Å². The molecule has 35 heavy (non-hydrogen) atoms. The molecule has 5 rings (SSSR count). The molecule has 8 nitrogen and oxygen atoms in total. The van der Waals surface area contributed by atoms with Gasteiger partial charge in [0.25, 0.3) is 0 Å². The Morgan fingerprint density at radius 1 is 0.943 bits per heavy atom. The van der Waals surface area contributed by atoms with Crippen molar-refractivity contribution in [3.05, 3.63) is 70.3 Å². The lowest BCUT2D eigenvalue weighted by molar-refractivity contribution is -0.135. The van der Waals surface area contributed by atoms with Crippen LogP contribution in [0.15, 0.2) is 59.2 Å². The number of halogens is 3. The van der Waals surface area contributed by atoms with Crippen LogP contribution in [0.4, 0.5) is 13.2 Å². The maximum Gasteiger partial charge on any atom is 0.522 e. The number of hydrogen-bond acceptors (Lipinski definition) is 5. The molecule has 0 aliphatic heterocycles. The molecule has 0 heterocycles. The van der Waals surface area contributed by atoms with Crippen molar-refractivity contribution >= 4 is 39.4 Å². The van der Waals surface area contributed by atoms with E-state index >= 15 is 0 Å². The van der Waals surface area contributed by atoms with Crippen LogP contribution in [0, 0.1) is 17.2 Å². The minimum atomic E-state index is -5.84. The van der Waals surface area contributed by atoms with Crippen LogP contribution < -0.4 is 0 Å². The van der Waals surface area contributed by atoms with Gasteiger partial charge in [-0.25, -0.2) is 9.59 Å². The highest BCUT2D eigenvalue weighted by Gasteiger charge is 2.44. The molecule has 0 radical (unpaired) electrons. The lowest BCUT2D eigenvalue weighted by Gasteiger charge is -2.17. The normalized spacial score (nSPS) is 21.7. The van der Waals surface area contributed by atoms with E-state index in [4.69, 9.17) is 28.6 Å². The van der Waals surface area contributed by atoms with Crippen molar-refractivity contribution in [2.75, 3.05) is 0 Å². The van der Waals surface area contributed by atoms with Crippen LogP contribution >= 0.6 is 0 Å². The molecule has 12 heteroatoms. The van der Waals surface area contributed by atoms with Crippen LogP contribution in [-0.2, 0) is 19.7 Å². The van der Waals surface area contributed by atoms with Gasteiger partial charge in [0, 0.05) is 5.57 Å². The van der Waals surface area contributed by atoms with Crippen LogP contribution in [0.2, 0.25) is 0 Å². The smallest absolute Gasteiger partial charge is 0.478 e. The monoisotopic (exact) mass is 511 g/mol. The first-order valence-corrected chi connectivity index (χ1v) is 11.7. The minimum absolute atomic E-state index is 0.261. The number of aliphatic carboxylic acids is 2. The predicted molar refractivity (Wildman–Crippen MR) is 120 cm³/mol. The zero-order chi connectivity index (χ0) is 26.1. The largest absolute Gasteiger partial charge is 0.522 e. The van der Waals surface area contributed by atoms with Gasteiger partial charge in [0.1, 0.15) is 0 Å². The Kier molecular flexibility index (Phi) is 7.18. The van der Waals surface area contributed by atoms with Gasteiger partial charge in [0.2, 0.25) is 0 Å². The van der Waals surface area contributed by atoms with E-state index in [0.29, 0.717) is 11.1 Å². The summed E-state index contributed by atoms with van der Waals surface area (Å²) < 4.78 is 57.5. The molecule has 0 amide bonds. The highest BCUT2D eigenvalue weighted by molar-refractivity contribution is 7.86. The molecule has 1 aromatic rings. The van der Waals surface area contributed by atoms with Crippen molar-refractivity contribution in [1.82, 2.24) is 0 Å². The zero-order valence-corrected chi connectivity index (χ0v) is 18.7. The van der Waals surface area contributed by atoms with Crippen LogP contribution in [0.5, 0.6) is 0 Å². The van der Waals surface area contributed by atoms with Gasteiger partial charge in [-0.3, -0.25) is 9.96 Å². The summed E-state index contributed by atoms with van der Waals surface area (Å²) in [6.45, 7) is 0. The molecular formula is C23H20F3NO7S. The van der Waals surface area contributed by atoms with Gasteiger partial charge in [-0.2, -0.15) is 21.6 Å². The molecule has 1 fully saturated rings. The quantitative estimate of drug-likeness (QED) is 0.262. The van der Waals surface area contributed by atoms with Gasteiger partial charge in [0.05, 0.1) is 16.9 Å². The fraction of sp³-hybridized carbons (Fsp3) is 0.261. The molecule has 186 valence electrons.